The zero-order valence-electron chi connectivity index (χ0n) is 15.1. The Kier molecular flexibility index (Phi) is 7.06. The van der Waals surface area contributed by atoms with Gasteiger partial charge >= 0.3 is 0 Å². The van der Waals surface area contributed by atoms with Crippen LogP contribution in [0.2, 0.25) is 0 Å². The summed E-state index contributed by atoms with van der Waals surface area (Å²) in [5, 5.41) is 16.1. The maximum Gasteiger partial charge on any atom is 0.191 e. The predicted molar refractivity (Wildman–Crippen MR) is 98.5 cm³/mol. The van der Waals surface area contributed by atoms with Gasteiger partial charge in [0.1, 0.15) is 0 Å². The Morgan fingerprint density at radius 1 is 1.42 bits per heavy atom. The van der Waals surface area contributed by atoms with Crippen molar-refractivity contribution in [3.05, 3.63) is 35.4 Å². The number of hydrogen-bond acceptors (Lipinski definition) is 3. The number of aliphatic hydroxyl groups excluding tert-OH is 1. The molecule has 1 aromatic rings. The largest absolute Gasteiger partial charge is 0.396 e. The molecular formula is C19H31N3O2. The van der Waals surface area contributed by atoms with Crippen molar-refractivity contribution in [1.82, 2.24) is 10.6 Å². The molecular weight excluding hydrogens is 302 g/mol. The number of ether oxygens (including phenoxy) is 1. The quantitative estimate of drug-likeness (QED) is 0.528. The van der Waals surface area contributed by atoms with Crippen molar-refractivity contribution < 1.29 is 9.84 Å². The molecule has 2 atom stereocenters. The first kappa shape index (κ1) is 18.7. The minimum Gasteiger partial charge on any atom is -0.396 e. The van der Waals surface area contributed by atoms with Gasteiger partial charge in [0.05, 0.1) is 6.61 Å². The smallest absolute Gasteiger partial charge is 0.191 e. The topological polar surface area (TPSA) is 65.9 Å². The van der Waals surface area contributed by atoms with Gasteiger partial charge in [-0.25, -0.2) is 0 Å². The molecule has 0 spiro atoms. The van der Waals surface area contributed by atoms with E-state index in [4.69, 9.17) is 4.74 Å². The maximum absolute atomic E-state index is 9.31. The molecule has 0 radical (unpaired) electrons. The highest BCUT2D eigenvalue weighted by Gasteiger charge is 2.34. The van der Waals surface area contributed by atoms with Gasteiger partial charge in [0, 0.05) is 38.8 Å². The van der Waals surface area contributed by atoms with Gasteiger partial charge in [0.2, 0.25) is 0 Å². The normalized spacial score (nSPS) is 22.4. The fourth-order valence-electron chi connectivity index (χ4n) is 3.15. The SMILES string of the molecule is CN=C(NCC(C)c1cccc(C)c1)NCC1(CCO)CCOC1. The third kappa shape index (κ3) is 5.21. The summed E-state index contributed by atoms with van der Waals surface area (Å²) in [6, 6.07) is 8.62. The second-order valence-corrected chi connectivity index (χ2v) is 6.90. The van der Waals surface area contributed by atoms with E-state index in [2.05, 4.69) is 53.7 Å². The molecule has 0 aromatic heterocycles. The van der Waals surface area contributed by atoms with Gasteiger partial charge in [-0.2, -0.15) is 0 Å². The minimum atomic E-state index is 0.0223. The van der Waals surface area contributed by atoms with Crippen LogP contribution in [0.25, 0.3) is 0 Å². The molecule has 24 heavy (non-hydrogen) atoms. The minimum absolute atomic E-state index is 0.0223. The molecule has 1 aliphatic heterocycles. The van der Waals surface area contributed by atoms with E-state index in [1.54, 1.807) is 7.05 Å². The number of hydrogen-bond donors (Lipinski definition) is 3. The van der Waals surface area contributed by atoms with Crippen LogP contribution >= 0.6 is 0 Å². The molecule has 5 nitrogen and oxygen atoms in total. The summed E-state index contributed by atoms with van der Waals surface area (Å²) >= 11 is 0. The van der Waals surface area contributed by atoms with Crippen LogP contribution in [0.15, 0.2) is 29.3 Å². The molecule has 0 bridgehead atoms. The van der Waals surface area contributed by atoms with Crippen LogP contribution in [0.4, 0.5) is 0 Å². The molecule has 0 aliphatic carbocycles. The van der Waals surface area contributed by atoms with Gasteiger partial charge in [0.15, 0.2) is 5.96 Å². The molecule has 5 heteroatoms. The Morgan fingerprint density at radius 2 is 2.25 bits per heavy atom. The molecule has 0 amide bonds. The maximum atomic E-state index is 9.31. The number of aliphatic imine (C=N–C) groups is 1. The molecule has 1 saturated heterocycles. The van der Waals surface area contributed by atoms with Crippen molar-refractivity contribution in [2.24, 2.45) is 10.4 Å². The lowest BCUT2D eigenvalue weighted by Crippen LogP contribution is -2.45. The number of nitrogens with one attached hydrogen (secondary N) is 2. The van der Waals surface area contributed by atoms with Gasteiger partial charge < -0.3 is 20.5 Å². The van der Waals surface area contributed by atoms with E-state index in [0.29, 0.717) is 12.5 Å². The molecule has 1 heterocycles. The summed E-state index contributed by atoms with van der Waals surface area (Å²) < 4.78 is 5.53. The molecule has 1 aliphatic rings. The highest BCUT2D eigenvalue weighted by Crippen LogP contribution is 2.31. The van der Waals surface area contributed by atoms with Crippen LogP contribution in [0, 0.1) is 12.3 Å². The zero-order chi connectivity index (χ0) is 17.4. The fourth-order valence-corrected chi connectivity index (χ4v) is 3.15. The van der Waals surface area contributed by atoms with Gasteiger partial charge in [-0.1, -0.05) is 36.8 Å². The Hall–Kier alpha value is -1.59. The van der Waals surface area contributed by atoms with E-state index >= 15 is 0 Å². The van der Waals surface area contributed by atoms with E-state index in [1.807, 2.05) is 0 Å². The van der Waals surface area contributed by atoms with Crippen molar-refractivity contribution in [2.45, 2.75) is 32.6 Å². The van der Waals surface area contributed by atoms with Gasteiger partial charge in [0.25, 0.3) is 0 Å². The first-order chi connectivity index (χ1) is 11.6. The first-order valence-corrected chi connectivity index (χ1v) is 8.78. The van der Waals surface area contributed by atoms with Gasteiger partial charge in [-0.3, -0.25) is 4.99 Å². The van der Waals surface area contributed by atoms with Crippen LogP contribution in [0.3, 0.4) is 0 Å². The lowest BCUT2D eigenvalue weighted by atomic mass is 9.84. The van der Waals surface area contributed by atoms with Crippen molar-refractivity contribution in [3.63, 3.8) is 0 Å². The van der Waals surface area contributed by atoms with Gasteiger partial charge in [-0.15, -0.1) is 0 Å². The summed E-state index contributed by atoms with van der Waals surface area (Å²) in [5.41, 5.74) is 2.64. The molecule has 2 unspecified atom stereocenters. The summed E-state index contributed by atoms with van der Waals surface area (Å²) in [6.07, 6.45) is 1.74. The second kappa shape index (κ2) is 9.04. The Balaban J connectivity index is 1.84. The van der Waals surface area contributed by atoms with Crippen LogP contribution in [-0.2, 0) is 4.74 Å². The standard InChI is InChI=1S/C19H31N3O2/c1-15-5-4-6-17(11-15)16(2)12-21-18(20-3)22-13-19(7-9-23)8-10-24-14-19/h4-6,11,16,23H,7-10,12-14H2,1-3H3,(H2,20,21,22). The van der Waals surface area contributed by atoms with Crippen LogP contribution < -0.4 is 10.6 Å². The molecule has 0 saturated carbocycles. The van der Waals surface area contributed by atoms with Crippen LogP contribution in [0.5, 0.6) is 0 Å². The number of nitrogens with zero attached hydrogens (tertiary/aromatic N) is 1. The highest BCUT2D eigenvalue weighted by molar-refractivity contribution is 5.79. The van der Waals surface area contributed by atoms with Crippen LogP contribution in [0.1, 0.15) is 36.8 Å². The lowest BCUT2D eigenvalue weighted by molar-refractivity contribution is 0.127. The second-order valence-electron chi connectivity index (χ2n) is 6.90. The van der Waals surface area contributed by atoms with E-state index in [9.17, 15) is 5.11 Å². The predicted octanol–water partition coefficient (Wildman–Crippen LogP) is 2.05. The van der Waals surface area contributed by atoms with Crippen molar-refractivity contribution in [2.75, 3.05) is 40.0 Å². The molecule has 2 rings (SSSR count). The molecule has 1 aromatic carbocycles. The average molecular weight is 333 g/mol. The summed E-state index contributed by atoms with van der Waals surface area (Å²) in [6.45, 7) is 7.61. The fraction of sp³-hybridized carbons (Fsp3) is 0.632. The third-order valence-electron chi connectivity index (χ3n) is 4.87. The van der Waals surface area contributed by atoms with Crippen molar-refractivity contribution in [3.8, 4) is 0 Å². The van der Waals surface area contributed by atoms with E-state index in [1.165, 1.54) is 11.1 Å². The van der Waals surface area contributed by atoms with E-state index in [0.717, 1.165) is 38.5 Å². The van der Waals surface area contributed by atoms with Gasteiger partial charge in [-0.05, 0) is 31.2 Å². The van der Waals surface area contributed by atoms with Crippen molar-refractivity contribution >= 4 is 5.96 Å². The average Bonchev–Trinajstić information content (AvgIpc) is 3.04. The number of aliphatic hydroxyl groups is 1. The zero-order valence-corrected chi connectivity index (χ0v) is 15.1. The van der Waals surface area contributed by atoms with E-state index in [-0.39, 0.29) is 12.0 Å². The monoisotopic (exact) mass is 333 g/mol. The number of guanidine groups is 1. The Bertz CT molecular complexity index is 539. The molecule has 134 valence electrons. The number of rotatable bonds is 7. The Morgan fingerprint density at radius 3 is 2.88 bits per heavy atom. The Labute approximate surface area is 145 Å². The number of aryl methyl sites for hydroxylation is 1. The first-order valence-electron chi connectivity index (χ1n) is 8.78. The van der Waals surface area contributed by atoms with Crippen LogP contribution in [-0.4, -0.2) is 51.0 Å². The highest BCUT2D eigenvalue weighted by atomic mass is 16.5. The molecule has 1 fully saturated rings. The van der Waals surface area contributed by atoms with E-state index < -0.39 is 0 Å². The summed E-state index contributed by atoms with van der Waals surface area (Å²) in [4.78, 5) is 4.31. The third-order valence-corrected chi connectivity index (χ3v) is 4.87. The van der Waals surface area contributed by atoms with Crippen molar-refractivity contribution in [1.29, 1.82) is 0 Å². The number of benzene rings is 1. The summed E-state index contributed by atoms with van der Waals surface area (Å²) in [7, 11) is 1.79. The lowest BCUT2D eigenvalue weighted by Gasteiger charge is -2.28. The summed E-state index contributed by atoms with van der Waals surface area (Å²) in [5.74, 6) is 1.21. The molecule has 3 N–H and O–H groups in total.